The van der Waals surface area contributed by atoms with Crippen molar-refractivity contribution in [1.29, 1.82) is 0 Å². The van der Waals surface area contributed by atoms with E-state index in [0.29, 0.717) is 0 Å². The maximum Gasteiger partial charge on any atom is 0.156 e. The maximum absolute atomic E-state index is 11.8. The molecule has 1 rings (SSSR count). The maximum atomic E-state index is 11.8. The van der Waals surface area contributed by atoms with Gasteiger partial charge in [-0.2, -0.15) is 0 Å². The van der Waals surface area contributed by atoms with E-state index in [1.807, 2.05) is 0 Å². The lowest BCUT2D eigenvalue weighted by molar-refractivity contribution is 0.544. The first kappa shape index (κ1) is 11.0. The zero-order valence-corrected chi connectivity index (χ0v) is 9.45. The average Bonchev–Trinajstić information content (AvgIpc) is 2.35. The molecule has 1 saturated heterocycles. The molecule has 0 aromatic heterocycles. The van der Waals surface area contributed by atoms with Crippen molar-refractivity contribution in [3.63, 3.8) is 0 Å². The van der Waals surface area contributed by atoms with Gasteiger partial charge in [-0.3, -0.25) is 0 Å². The van der Waals surface area contributed by atoms with Gasteiger partial charge in [-0.15, -0.1) is 0 Å². The summed E-state index contributed by atoms with van der Waals surface area (Å²) >= 11 is 0. The van der Waals surface area contributed by atoms with Crippen molar-refractivity contribution in [2.45, 2.75) is 44.4 Å². The third-order valence-electron chi connectivity index (χ3n) is 2.52. The van der Waals surface area contributed by atoms with E-state index in [1.54, 1.807) is 20.8 Å². The second-order valence-corrected chi connectivity index (χ2v) is 7.47. The molecule has 0 radical (unpaired) electrons. The van der Waals surface area contributed by atoms with Gasteiger partial charge in [0.1, 0.15) is 0 Å². The molecular formula is C9H19NO2S. The van der Waals surface area contributed by atoms with Crippen LogP contribution in [0.15, 0.2) is 0 Å². The highest BCUT2D eigenvalue weighted by Crippen LogP contribution is 2.19. The summed E-state index contributed by atoms with van der Waals surface area (Å²) in [4.78, 5) is 0. The first-order valence-electron chi connectivity index (χ1n) is 4.78. The molecule has 78 valence electrons. The summed E-state index contributed by atoms with van der Waals surface area (Å²) in [6.45, 7) is 6.25. The zero-order valence-electron chi connectivity index (χ0n) is 8.63. The lowest BCUT2D eigenvalue weighted by Gasteiger charge is -2.21. The van der Waals surface area contributed by atoms with Crippen LogP contribution >= 0.6 is 0 Å². The van der Waals surface area contributed by atoms with Crippen LogP contribution in [0.1, 0.15) is 33.6 Å². The Labute approximate surface area is 80.8 Å². The molecule has 1 atom stereocenters. The van der Waals surface area contributed by atoms with E-state index >= 15 is 0 Å². The van der Waals surface area contributed by atoms with Crippen molar-refractivity contribution in [2.24, 2.45) is 0 Å². The Morgan fingerprint density at radius 1 is 1.38 bits per heavy atom. The van der Waals surface area contributed by atoms with E-state index in [4.69, 9.17) is 0 Å². The summed E-state index contributed by atoms with van der Waals surface area (Å²) < 4.78 is 22.9. The molecule has 4 heteroatoms. The minimum atomic E-state index is -2.94. The Balaban J connectivity index is 2.62. The average molecular weight is 205 g/mol. The van der Waals surface area contributed by atoms with Gasteiger partial charge in [0.15, 0.2) is 9.84 Å². The van der Waals surface area contributed by atoms with Crippen molar-refractivity contribution in [2.75, 3.05) is 12.3 Å². The van der Waals surface area contributed by atoms with E-state index in [1.165, 1.54) is 0 Å². The van der Waals surface area contributed by atoms with Gasteiger partial charge in [0.25, 0.3) is 0 Å². The van der Waals surface area contributed by atoms with Crippen molar-refractivity contribution < 1.29 is 8.42 Å². The molecule has 1 heterocycles. The fourth-order valence-electron chi connectivity index (χ4n) is 1.41. The quantitative estimate of drug-likeness (QED) is 0.730. The summed E-state index contributed by atoms with van der Waals surface area (Å²) in [5.74, 6) is 0.288. The molecule has 3 nitrogen and oxygen atoms in total. The summed E-state index contributed by atoms with van der Waals surface area (Å²) in [7, 11) is -2.94. The van der Waals surface area contributed by atoms with Crippen LogP contribution in [0.25, 0.3) is 0 Å². The number of nitrogens with one attached hydrogen (secondary N) is 1. The zero-order chi connectivity index (χ0) is 10.1. The number of rotatable bonds is 2. The van der Waals surface area contributed by atoms with E-state index in [2.05, 4.69) is 5.32 Å². The molecule has 13 heavy (non-hydrogen) atoms. The van der Waals surface area contributed by atoms with Crippen LogP contribution in [0.3, 0.4) is 0 Å². The normalized spacial score (nSPS) is 25.0. The molecule has 0 spiro atoms. The lowest BCUT2D eigenvalue weighted by atomic mass is 10.2. The molecule has 0 amide bonds. The van der Waals surface area contributed by atoms with Crippen LogP contribution in [-0.2, 0) is 9.84 Å². The second-order valence-electron chi connectivity index (χ2n) is 4.69. The summed E-state index contributed by atoms with van der Waals surface area (Å²) in [6.07, 6.45) is 2.10. The smallest absolute Gasteiger partial charge is 0.156 e. The molecule has 1 unspecified atom stereocenters. The third kappa shape index (κ3) is 2.68. The molecule has 1 N–H and O–H groups in total. The second kappa shape index (κ2) is 3.58. The van der Waals surface area contributed by atoms with Crippen LogP contribution in [0.4, 0.5) is 0 Å². The van der Waals surface area contributed by atoms with Crippen molar-refractivity contribution in [3.05, 3.63) is 0 Å². The molecule has 0 aliphatic carbocycles. The van der Waals surface area contributed by atoms with Gasteiger partial charge in [-0.05, 0) is 40.2 Å². The lowest BCUT2D eigenvalue weighted by Crippen LogP contribution is -2.38. The Bertz CT molecular complexity index is 258. The first-order valence-corrected chi connectivity index (χ1v) is 6.44. The molecule has 1 aliphatic rings. The first-order chi connectivity index (χ1) is 5.83. The summed E-state index contributed by atoms with van der Waals surface area (Å²) in [5.41, 5.74) is 0. The van der Waals surface area contributed by atoms with Gasteiger partial charge in [0.2, 0.25) is 0 Å². The fraction of sp³-hybridized carbons (Fsp3) is 1.00. The number of hydrogen-bond donors (Lipinski definition) is 1. The molecule has 1 aliphatic heterocycles. The molecule has 1 fully saturated rings. The van der Waals surface area contributed by atoms with Crippen LogP contribution in [0.2, 0.25) is 0 Å². The standard InChI is InChI=1S/C9H19NO2S/c1-9(2,3)13(11,12)7-8-5-4-6-10-8/h8,10H,4-7H2,1-3H3. The highest BCUT2D eigenvalue weighted by molar-refractivity contribution is 7.92. The summed E-state index contributed by atoms with van der Waals surface area (Å²) in [5, 5.41) is 3.21. The predicted molar refractivity (Wildman–Crippen MR) is 54.6 cm³/mol. The highest BCUT2D eigenvalue weighted by Gasteiger charge is 2.32. The minimum absolute atomic E-state index is 0.184. The van der Waals surface area contributed by atoms with Gasteiger partial charge in [0, 0.05) is 6.04 Å². The molecule has 0 saturated carbocycles. The Morgan fingerprint density at radius 3 is 2.38 bits per heavy atom. The van der Waals surface area contributed by atoms with Gasteiger partial charge in [-0.1, -0.05) is 0 Å². The number of hydrogen-bond acceptors (Lipinski definition) is 3. The van der Waals surface area contributed by atoms with Gasteiger partial charge >= 0.3 is 0 Å². The van der Waals surface area contributed by atoms with Gasteiger partial charge in [0.05, 0.1) is 10.5 Å². The Morgan fingerprint density at radius 2 is 2.00 bits per heavy atom. The number of sulfone groups is 1. The highest BCUT2D eigenvalue weighted by atomic mass is 32.2. The van der Waals surface area contributed by atoms with E-state index in [9.17, 15) is 8.42 Å². The van der Waals surface area contributed by atoms with Crippen molar-refractivity contribution in [1.82, 2.24) is 5.32 Å². The van der Waals surface area contributed by atoms with E-state index < -0.39 is 14.6 Å². The van der Waals surface area contributed by atoms with E-state index in [-0.39, 0.29) is 11.8 Å². The van der Waals surface area contributed by atoms with Crippen LogP contribution < -0.4 is 5.32 Å². The Kier molecular flexibility index (Phi) is 3.02. The summed E-state index contributed by atoms with van der Waals surface area (Å²) in [6, 6.07) is 0.184. The van der Waals surface area contributed by atoms with Crippen LogP contribution in [0, 0.1) is 0 Å². The molecule has 0 aromatic carbocycles. The van der Waals surface area contributed by atoms with Crippen molar-refractivity contribution >= 4 is 9.84 Å². The topological polar surface area (TPSA) is 46.2 Å². The molecule has 0 bridgehead atoms. The monoisotopic (exact) mass is 205 g/mol. The predicted octanol–water partition coefficient (Wildman–Crippen LogP) is 0.952. The third-order valence-corrected chi connectivity index (χ3v) is 5.22. The van der Waals surface area contributed by atoms with Crippen molar-refractivity contribution in [3.8, 4) is 0 Å². The van der Waals surface area contributed by atoms with E-state index in [0.717, 1.165) is 19.4 Å². The minimum Gasteiger partial charge on any atom is -0.313 e. The SMILES string of the molecule is CC(C)(C)S(=O)(=O)CC1CCCN1. The molecule has 0 aromatic rings. The fourth-order valence-corrected chi connectivity index (χ4v) is 2.73. The Hall–Kier alpha value is -0.0900. The van der Waals surface area contributed by atoms with Gasteiger partial charge in [-0.25, -0.2) is 8.42 Å². The van der Waals surface area contributed by atoms with Crippen LogP contribution in [0.5, 0.6) is 0 Å². The van der Waals surface area contributed by atoms with Gasteiger partial charge < -0.3 is 5.32 Å². The largest absolute Gasteiger partial charge is 0.313 e. The van der Waals surface area contributed by atoms with Crippen LogP contribution in [-0.4, -0.2) is 31.5 Å². The molecular weight excluding hydrogens is 186 g/mol.